The van der Waals surface area contributed by atoms with Gasteiger partial charge in [-0.15, -0.1) is 0 Å². The normalized spacial score (nSPS) is 10.0. The molecule has 0 saturated carbocycles. The first-order valence-electron chi connectivity index (χ1n) is 6.41. The largest absolute Gasteiger partial charge is 0.326 e. The highest BCUT2D eigenvalue weighted by molar-refractivity contribution is 9.10. The zero-order valence-electron chi connectivity index (χ0n) is 11.7. The fourth-order valence-corrected chi connectivity index (χ4v) is 2.19. The summed E-state index contributed by atoms with van der Waals surface area (Å²) in [6.07, 6.45) is 0. The van der Waals surface area contributed by atoms with Crippen LogP contribution in [0.2, 0.25) is 0 Å². The molecule has 4 nitrogen and oxygen atoms in total. The molecule has 0 aromatic heterocycles. The van der Waals surface area contributed by atoms with Gasteiger partial charge >= 0.3 is 0 Å². The first kappa shape index (κ1) is 15.3. The lowest BCUT2D eigenvalue weighted by Crippen LogP contribution is -2.13. The first-order valence-corrected chi connectivity index (χ1v) is 7.20. The Labute approximate surface area is 131 Å². The molecule has 2 aromatic rings. The summed E-state index contributed by atoms with van der Waals surface area (Å²) in [4.78, 5) is 23.2. The minimum atomic E-state index is -0.224. The van der Waals surface area contributed by atoms with Crippen molar-refractivity contribution in [2.75, 3.05) is 10.6 Å². The van der Waals surface area contributed by atoms with Crippen molar-refractivity contribution in [3.05, 3.63) is 58.1 Å². The van der Waals surface area contributed by atoms with Gasteiger partial charge in [-0.2, -0.15) is 0 Å². The van der Waals surface area contributed by atoms with Crippen LogP contribution in [0.1, 0.15) is 22.8 Å². The molecule has 0 aliphatic carbocycles. The third-order valence-corrected chi connectivity index (χ3v) is 3.73. The number of halogens is 1. The van der Waals surface area contributed by atoms with E-state index in [2.05, 4.69) is 26.6 Å². The summed E-state index contributed by atoms with van der Waals surface area (Å²) in [5.41, 5.74) is 2.89. The number of hydrogen-bond acceptors (Lipinski definition) is 2. The molecule has 0 atom stereocenters. The molecular weight excluding hydrogens is 332 g/mol. The summed E-state index contributed by atoms with van der Waals surface area (Å²) >= 11 is 3.43. The molecule has 2 amide bonds. The third-order valence-electron chi connectivity index (χ3n) is 2.87. The van der Waals surface area contributed by atoms with Crippen LogP contribution in [0.4, 0.5) is 11.4 Å². The standard InChI is InChI=1S/C16H15BrN2O2/c1-10-6-7-14(9-15(10)17)19-16(21)12-4-3-5-13(8-12)18-11(2)20/h3-9H,1-2H3,(H,18,20)(H,19,21). The van der Waals surface area contributed by atoms with E-state index in [9.17, 15) is 9.59 Å². The van der Waals surface area contributed by atoms with Crippen molar-refractivity contribution < 1.29 is 9.59 Å². The number of amides is 2. The Bertz CT molecular complexity index is 698. The summed E-state index contributed by atoms with van der Waals surface area (Å²) in [7, 11) is 0. The Morgan fingerprint density at radius 1 is 1.00 bits per heavy atom. The highest BCUT2D eigenvalue weighted by atomic mass is 79.9. The van der Waals surface area contributed by atoms with E-state index in [4.69, 9.17) is 0 Å². The molecular formula is C16H15BrN2O2. The van der Waals surface area contributed by atoms with Gasteiger partial charge in [0.05, 0.1) is 0 Å². The van der Waals surface area contributed by atoms with Gasteiger partial charge in [-0.1, -0.05) is 28.1 Å². The zero-order chi connectivity index (χ0) is 15.4. The van der Waals surface area contributed by atoms with Crippen LogP contribution in [0.15, 0.2) is 46.9 Å². The highest BCUT2D eigenvalue weighted by Gasteiger charge is 2.08. The van der Waals surface area contributed by atoms with Gasteiger partial charge in [0.25, 0.3) is 5.91 Å². The molecule has 2 aromatic carbocycles. The molecule has 2 rings (SSSR count). The second kappa shape index (κ2) is 6.54. The number of anilines is 2. The number of rotatable bonds is 3. The van der Waals surface area contributed by atoms with E-state index in [-0.39, 0.29) is 11.8 Å². The van der Waals surface area contributed by atoms with Gasteiger partial charge in [-0.3, -0.25) is 9.59 Å². The van der Waals surface area contributed by atoms with Gasteiger partial charge in [-0.25, -0.2) is 0 Å². The molecule has 0 saturated heterocycles. The van der Waals surface area contributed by atoms with E-state index < -0.39 is 0 Å². The molecule has 0 radical (unpaired) electrons. The van der Waals surface area contributed by atoms with Crippen molar-refractivity contribution in [1.82, 2.24) is 0 Å². The summed E-state index contributed by atoms with van der Waals surface area (Å²) in [5, 5.41) is 5.48. The van der Waals surface area contributed by atoms with E-state index in [0.717, 1.165) is 10.0 Å². The van der Waals surface area contributed by atoms with Gasteiger partial charge in [0.15, 0.2) is 0 Å². The molecule has 0 spiro atoms. The second-order valence-electron chi connectivity index (χ2n) is 4.68. The predicted octanol–water partition coefficient (Wildman–Crippen LogP) is 3.97. The monoisotopic (exact) mass is 346 g/mol. The third kappa shape index (κ3) is 4.16. The number of carbonyl (C=O) groups is 2. The zero-order valence-corrected chi connectivity index (χ0v) is 13.3. The topological polar surface area (TPSA) is 58.2 Å². The average molecular weight is 347 g/mol. The molecule has 2 N–H and O–H groups in total. The van der Waals surface area contributed by atoms with Crippen molar-refractivity contribution >= 4 is 39.1 Å². The van der Waals surface area contributed by atoms with Crippen LogP contribution in [0.25, 0.3) is 0 Å². The molecule has 0 aliphatic heterocycles. The van der Waals surface area contributed by atoms with E-state index in [1.807, 2.05) is 25.1 Å². The van der Waals surface area contributed by atoms with Gasteiger partial charge in [0.1, 0.15) is 0 Å². The molecule has 108 valence electrons. The van der Waals surface area contributed by atoms with Crippen molar-refractivity contribution in [3.8, 4) is 0 Å². The van der Waals surface area contributed by atoms with Crippen LogP contribution in [0, 0.1) is 6.92 Å². The quantitative estimate of drug-likeness (QED) is 0.883. The van der Waals surface area contributed by atoms with Crippen LogP contribution in [0.3, 0.4) is 0 Å². The maximum absolute atomic E-state index is 12.2. The molecule has 0 fully saturated rings. The smallest absolute Gasteiger partial charge is 0.255 e. The Kier molecular flexibility index (Phi) is 4.75. The summed E-state index contributed by atoms with van der Waals surface area (Å²) in [6, 6.07) is 12.4. The first-order chi connectivity index (χ1) is 9.95. The Morgan fingerprint density at radius 2 is 1.71 bits per heavy atom. The Balaban J connectivity index is 2.16. The molecule has 0 bridgehead atoms. The van der Waals surface area contributed by atoms with Gasteiger partial charge in [-0.05, 0) is 42.8 Å². The number of carbonyl (C=O) groups excluding carboxylic acids is 2. The van der Waals surface area contributed by atoms with Crippen molar-refractivity contribution in [3.63, 3.8) is 0 Å². The Hall–Kier alpha value is -2.14. The van der Waals surface area contributed by atoms with Crippen LogP contribution >= 0.6 is 15.9 Å². The predicted molar refractivity (Wildman–Crippen MR) is 87.6 cm³/mol. The van der Waals surface area contributed by atoms with Gasteiger partial charge in [0, 0.05) is 28.3 Å². The lowest BCUT2D eigenvalue weighted by Gasteiger charge is -2.08. The number of aryl methyl sites for hydroxylation is 1. The highest BCUT2D eigenvalue weighted by Crippen LogP contribution is 2.21. The Morgan fingerprint density at radius 3 is 2.38 bits per heavy atom. The summed E-state index contributed by atoms with van der Waals surface area (Å²) in [6.45, 7) is 3.41. The van der Waals surface area contributed by atoms with Crippen LogP contribution in [-0.4, -0.2) is 11.8 Å². The lowest BCUT2D eigenvalue weighted by atomic mass is 10.1. The van der Waals surface area contributed by atoms with Crippen molar-refractivity contribution in [2.24, 2.45) is 0 Å². The summed E-state index contributed by atoms with van der Waals surface area (Å²) in [5.74, 6) is -0.395. The van der Waals surface area contributed by atoms with E-state index in [0.29, 0.717) is 16.9 Å². The fourth-order valence-electron chi connectivity index (χ4n) is 1.82. The minimum Gasteiger partial charge on any atom is -0.326 e. The van der Waals surface area contributed by atoms with Crippen LogP contribution in [0.5, 0.6) is 0 Å². The van der Waals surface area contributed by atoms with Crippen LogP contribution in [-0.2, 0) is 4.79 Å². The van der Waals surface area contributed by atoms with Crippen molar-refractivity contribution in [1.29, 1.82) is 0 Å². The maximum Gasteiger partial charge on any atom is 0.255 e. The SMILES string of the molecule is CC(=O)Nc1cccc(C(=O)Nc2ccc(C)c(Br)c2)c1. The second-order valence-corrected chi connectivity index (χ2v) is 5.53. The van der Waals surface area contributed by atoms with E-state index in [1.165, 1.54) is 6.92 Å². The maximum atomic E-state index is 12.2. The van der Waals surface area contributed by atoms with E-state index >= 15 is 0 Å². The fraction of sp³-hybridized carbons (Fsp3) is 0.125. The van der Waals surface area contributed by atoms with Gasteiger partial charge in [0.2, 0.25) is 5.91 Å². The summed E-state index contributed by atoms with van der Waals surface area (Å²) < 4.78 is 0.937. The molecule has 21 heavy (non-hydrogen) atoms. The lowest BCUT2D eigenvalue weighted by molar-refractivity contribution is -0.114. The molecule has 0 unspecified atom stereocenters. The number of nitrogens with one attached hydrogen (secondary N) is 2. The van der Waals surface area contributed by atoms with Crippen LogP contribution < -0.4 is 10.6 Å². The molecule has 5 heteroatoms. The van der Waals surface area contributed by atoms with Gasteiger partial charge < -0.3 is 10.6 Å². The average Bonchev–Trinajstić information content (AvgIpc) is 2.42. The van der Waals surface area contributed by atoms with E-state index in [1.54, 1.807) is 24.3 Å². The van der Waals surface area contributed by atoms with Crippen molar-refractivity contribution in [2.45, 2.75) is 13.8 Å². The number of benzene rings is 2. The minimum absolute atomic E-state index is 0.171. The molecule has 0 heterocycles. The number of hydrogen-bond donors (Lipinski definition) is 2. The molecule has 0 aliphatic rings.